The number of pyridine rings is 1. The third-order valence-electron chi connectivity index (χ3n) is 2.87. The fraction of sp³-hybridized carbons (Fsp3) is 0.545. The first-order valence-electron chi connectivity index (χ1n) is 5.25. The molecule has 1 aromatic rings. The Labute approximate surface area is 84.7 Å². The molecule has 0 saturated heterocycles. The fourth-order valence-electron chi connectivity index (χ4n) is 1.82. The summed E-state index contributed by atoms with van der Waals surface area (Å²) >= 11 is 0. The highest BCUT2D eigenvalue weighted by Gasteiger charge is 2.29. The van der Waals surface area contributed by atoms with E-state index in [1.54, 1.807) is 0 Å². The lowest BCUT2D eigenvalue weighted by atomic mass is 10.0. The first-order valence-corrected chi connectivity index (χ1v) is 5.25. The van der Waals surface area contributed by atoms with E-state index in [0.717, 1.165) is 18.8 Å². The van der Waals surface area contributed by atoms with Gasteiger partial charge in [-0.1, -0.05) is 6.07 Å². The van der Waals surface area contributed by atoms with Crippen LogP contribution in [0.5, 0.6) is 0 Å². The molecule has 0 aliphatic heterocycles. The molecule has 0 spiro atoms. The SMILES string of the molecule is NNC(CCc1cccnc1)C1CC1. The quantitative estimate of drug-likeness (QED) is 0.544. The smallest absolute Gasteiger partial charge is 0.0299 e. The number of nitrogens with two attached hydrogens (primary N) is 1. The van der Waals surface area contributed by atoms with Crippen molar-refractivity contribution in [3.05, 3.63) is 30.1 Å². The van der Waals surface area contributed by atoms with Gasteiger partial charge in [0.15, 0.2) is 0 Å². The van der Waals surface area contributed by atoms with E-state index in [4.69, 9.17) is 5.84 Å². The van der Waals surface area contributed by atoms with Crippen molar-refractivity contribution in [3.8, 4) is 0 Å². The number of nitrogens with zero attached hydrogens (tertiary/aromatic N) is 1. The van der Waals surface area contributed by atoms with E-state index in [1.807, 2.05) is 18.5 Å². The average molecular weight is 191 g/mol. The van der Waals surface area contributed by atoms with Crippen molar-refractivity contribution in [3.63, 3.8) is 0 Å². The van der Waals surface area contributed by atoms with Crippen molar-refractivity contribution < 1.29 is 0 Å². The van der Waals surface area contributed by atoms with Gasteiger partial charge in [0.25, 0.3) is 0 Å². The molecule has 0 bridgehead atoms. The average Bonchev–Trinajstić information content (AvgIpc) is 3.05. The van der Waals surface area contributed by atoms with Crippen LogP contribution in [0.25, 0.3) is 0 Å². The maximum absolute atomic E-state index is 5.51. The minimum absolute atomic E-state index is 0.496. The minimum Gasteiger partial charge on any atom is -0.271 e. The third kappa shape index (κ3) is 2.53. The molecule has 1 aliphatic carbocycles. The van der Waals surface area contributed by atoms with Crippen molar-refractivity contribution in [2.24, 2.45) is 11.8 Å². The maximum atomic E-state index is 5.51. The van der Waals surface area contributed by atoms with Crippen LogP contribution >= 0.6 is 0 Å². The summed E-state index contributed by atoms with van der Waals surface area (Å²) in [6, 6.07) is 4.60. The molecule has 1 saturated carbocycles. The van der Waals surface area contributed by atoms with Crippen LogP contribution < -0.4 is 11.3 Å². The predicted octanol–water partition coefficient (Wildman–Crippen LogP) is 1.26. The van der Waals surface area contributed by atoms with E-state index in [1.165, 1.54) is 18.4 Å². The summed E-state index contributed by atoms with van der Waals surface area (Å²) in [5, 5.41) is 0. The fourth-order valence-corrected chi connectivity index (χ4v) is 1.82. The molecular formula is C11H17N3. The van der Waals surface area contributed by atoms with E-state index >= 15 is 0 Å². The number of aromatic nitrogens is 1. The highest BCUT2D eigenvalue weighted by molar-refractivity contribution is 5.09. The standard InChI is InChI=1S/C11H17N3/c12-14-11(10-4-5-10)6-3-9-2-1-7-13-8-9/h1-2,7-8,10-11,14H,3-6,12H2. The van der Waals surface area contributed by atoms with Gasteiger partial charge in [0.2, 0.25) is 0 Å². The van der Waals surface area contributed by atoms with Gasteiger partial charge in [-0.05, 0) is 43.2 Å². The summed E-state index contributed by atoms with van der Waals surface area (Å²) in [5.74, 6) is 6.33. The number of hydrogen-bond donors (Lipinski definition) is 2. The van der Waals surface area contributed by atoms with Gasteiger partial charge in [-0.2, -0.15) is 0 Å². The van der Waals surface area contributed by atoms with Crippen LogP contribution in [0.2, 0.25) is 0 Å². The molecule has 2 rings (SSSR count). The second-order valence-corrected chi connectivity index (χ2v) is 4.01. The minimum atomic E-state index is 0.496. The molecule has 1 unspecified atom stereocenters. The molecule has 1 fully saturated rings. The van der Waals surface area contributed by atoms with Crippen LogP contribution in [-0.4, -0.2) is 11.0 Å². The Hall–Kier alpha value is -0.930. The van der Waals surface area contributed by atoms with Crippen LogP contribution in [0.15, 0.2) is 24.5 Å². The molecule has 3 nitrogen and oxygen atoms in total. The molecular weight excluding hydrogens is 174 g/mol. The highest BCUT2D eigenvalue weighted by Crippen LogP contribution is 2.34. The lowest BCUT2D eigenvalue weighted by molar-refractivity contribution is 0.445. The Morgan fingerprint density at radius 2 is 2.43 bits per heavy atom. The van der Waals surface area contributed by atoms with Gasteiger partial charge >= 0.3 is 0 Å². The summed E-state index contributed by atoms with van der Waals surface area (Å²) in [5.41, 5.74) is 4.21. The van der Waals surface area contributed by atoms with Gasteiger partial charge in [0, 0.05) is 18.4 Å². The number of hydrogen-bond acceptors (Lipinski definition) is 3. The van der Waals surface area contributed by atoms with Crippen molar-refractivity contribution in [2.45, 2.75) is 31.7 Å². The third-order valence-corrected chi connectivity index (χ3v) is 2.87. The van der Waals surface area contributed by atoms with Crippen LogP contribution in [0.4, 0.5) is 0 Å². The summed E-state index contributed by atoms with van der Waals surface area (Å²) in [6.07, 6.45) is 8.60. The van der Waals surface area contributed by atoms with E-state index in [0.29, 0.717) is 6.04 Å². The Kier molecular flexibility index (Phi) is 3.11. The molecule has 0 radical (unpaired) electrons. The van der Waals surface area contributed by atoms with Crippen LogP contribution in [0.3, 0.4) is 0 Å². The summed E-state index contributed by atoms with van der Waals surface area (Å²) < 4.78 is 0. The van der Waals surface area contributed by atoms with Gasteiger partial charge in [0.05, 0.1) is 0 Å². The highest BCUT2D eigenvalue weighted by atomic mass is 15.2. The van der Waals surface area contributed by atoms with Gasteiger partial charge < -0.3 is 0 Å². The molecule has 3 N–H and O–H groups in total. The van der Waals surface area contributed by atoms with Gasteiger partial charge in [-0.25, -0.2) is 0 Å². The molecule has 0 amide bonds. The van der Waals surface area contributed by atoms with E-state index in [-0.39, 0.29) is 0 Å². The molecule has 14 heavy (non-hydrogen) atoms. The summed E-state index contributed by atoms with van der Waals surface area (Å²) in [7, 11) is 0. The van der Waals surface area contributed by atoms with Crippen molar-refractivity contribution in [1.29, 1.82) is 0 Å². The second kappa shape index (κ2) is 4.53. The molecule has 1 atom stereocenters. The Bertz CT molecular complexity index is 269. The normalized spacial score (nSPS) is 18.1. The zero-order valence-electron chi connectivity index (χ0n) is 8.32. The lowest BCUT2D eigenvalue weighted by Gasteiger charge is -2.14. The first-order chi connectivity index (χ1) is 6.90. The van der Waals surface area contributed by atoms with E-state index in [2.05, 4.69) is 16.5 Å². The van der Waals surface area contributed by atoms with E-state index in [9.17, 15) is 0 Å². The summed E-state index contributed by atoms with van der Waals surface area (Å²) in [6.45, 7) is 0. The van der Waals surface area contributed by atoms with Crippen LogP contribution in [0, 0.1) is 5.92 Å². The van der Waals surface area contributed by atoms with Crippen molar-refractivity contribution in [2.75, 3.05) is 0 Å². The first kappa shape index (κ1) is 9.62. The Morgan fingerprint density at radius 1 is 1.57 bits per heavy atom. The molecule has 0 aromatic carbocycles. The Balaban J connectivity index is 1.81. The predicted molar refractivity (Wildman–Crippen MR) is 56.4 cm³/mol. The van der Waals surface area contributed by atoms with Crippen LogP contribution in [-0.2, 0) is 6.42 Å². The number of hydrazine groups is 1. The number of nitrogens with one attached hydrogen (secondary N) is 1. The topological polar surface area (TPSA) is 50.9 Å². The molecule has 1 aliphatic rings. The van der Waals surface area contributed by atoms with Gasteiger partial charge in [-0.15, -0.1) is 0 Å². The molecule has 1 aromatic heterocycles. The molecule has 76 valence electrons. The van der Waals surface area contributed by atoms with E-state index < -0.39 is 0 Å². The molecule has 1 heterocycles. The summed E-state index contributed by atoms with van der Waals surface area (Å²) in [4.78, 5) is 4.10. The van der Waals surface area contributed by atoms with Gasteiger partial charge in [-0.3, -0.25) is 16.3 Å². The zero-order valence-corrected chi connectivity index (χ0v) is 8.32. The lowest BCUT2D eigenvalue weighted by Crippen LogP contribution is -2.37. The number of rotatable bonds is 5. The maximum Gasteiger partial charge on any atom is 0.0299 e. The Morgan fingerprint density at radius 3 is 3.00 bits per heavy atom. The van der Waals surface area contributed by atoms with Crippen LogP contribution in [0.1, 0.15) is 24.8 Å². The van der Waals surface area contributed by atoms with Crippen molar-refractivity contribution in [1.82, 2.24) is 10.4 Å². The van der Waals surface area contributed by atoms with Gasteiger partial charge in [0.1, 0.15) is 0 Å². The monoisotopic (exact) mass is 191 g/mol. The van der Waals surface area contributed by atoms with Crippen molar-refractivity contribution >= 4 is 0 Å². The largest absolute Gasteiger partial charge is 0.271 e. The number of aryl methyl sites for hydroxylation is 1. The zero-order chi connectivity index (χ0) is 9.80. The second-order valence-electron chi connectivity index (χ2n) is 4.01. The molecule has 3 heteroatoms.